The van der Waals surface area contributed by atoms with E-state index in [1.54, 1.807) is 18.2 Å². The highest BCUT2D eigenvalue weighted by Gasteiger charge is 2.13. The van der Waals surface area contributed by atoms with Crippen molar-refractivity contribution in [3.05, 3.63) is 59.8 Å². The van der Waals surface area contributed by atoms with E-state index < -0.39 is 0 Å². The molecular formula is C19H21NO2. The molecule has 0 saturated heterocycles. The van der Waals surface area contributed by atoms with Gasteiger partial charge < -0.3 is 14.4 Å². The van der Waals surface area contributed by atoms with E-state index in [0.29, 0.717) is 18.4 Å². The summed E-state index contributed by atoms with van der Waals surface area (Å²) >= 11 is 0. The summed E-state index contributed by atoms with van der Waals surface area (Å²) in [4.78, 5) is 0. The fourth-order valence-corrected chi connectivity index (χ4v) is 2.91. The Labute approximate surface area is 130 Å². The number of ether oxygens (including phenoxy) is 1. The number of benzene rings is 2. The van der Waals surface area contributed by atoms with Gasteiger partial charge in [-0.2, -0.15) is 0 Å². The molecule has 3 heteroatoms. The molecule has 3 rings (SSSR count). The molecule has 1 heterocycles. The van der Waals surface area contributed by atoms with Gasteiger partial charge >= 0.3 is 0 Å². The van der Waals surface area contributed by atoms with Gasteiger partial charge in [0.1, 0.15) is 6.61 Å². The van der Waals surface area contributed by atoms with Gasteiger partial charge in [0.05, 0.1) is 5.69 Å². The number of aromatic hydroxyl groups is 1. The standard InChI is InChI=1S/C19H21NO2/c1-13(2)20-15(11-16-14(3)7-6-8-17(16)20)12-22-19-10-5-4-9-18(19)21/h4-11,13,21H,12H2,1-3H3. The molecule has 0 aliphatic heterocycles. The molecule has 114 valence electrons. The summed E-state index contributed by atoms with van der Waals surface area (Å²) in [5.74, 6) is 0.686. The van der Waals surface area contributed by atoms with Crippen LogP contribution in [0.4, 0.5) is 0 Å². The van der Waals surface area contributed by atoms with Crippen LogP contribution in [-0.2, 0) is 6.61 Å². The van der Waals surface area contributed by atoms with E-state index in [4.69, 9.17) is 4.74 Å². The predicted molar refractivity (Wildman–Crippen MR) is 89.5 cm³/mol. The molecule has 0 aliphatic carbocycles. The van der Waals surface area contributed by atoms with Crippen LogP contribution in [-0.4, -0.2) is 9.67 Å². The van der Waals surface area contributed by atoms with Crippen molar-refractivity contribution in [1.29, 1.82) is 0 Å². The topological polar surface area (TPSA) is 34.4 Å². The average Bonchev–Trinajstić information content (AvgIpc) is 2.86. The maximum Gasteiger partial charge on any atom is 0.161 e. The zero-order valence-electron chi connectivity index (χ0n) is 13.2. The monoisotopic (exact) mass is 295 g/mol. The summed E-state index contributed by atoms with van der Waals surface area (Å²) < 4.78 is 8.11. The highest BCUT2D eigenvalue weighted by Crippen LogP contribution is 2.29. The van der Waals surface area contributed by atoms with Crippen molar-refractivity contribution < 1.29 is 9.84 Å². The molecule has 1 N–H and O–H groups in total. The molecule has 0 amide bonds. The highest BCUT2D eigenvalue weighted by atomic mass is 16.5. The SMILES string of the molecule is Cc1cccc2c1cc(COc1ccccc1O)n2C(C)C. The van der Waals surface area contributed by atoms with Crippen molar-refractivity contribution in [3.8, 4) is 11.5 Å². The number of fused-ring (bicyclic) bond motifs is 1. The number of phenolic OH excluding ortho intramolecular Hbond substituents is 1. The fraction of sp³-hybridized carbons (Fsp3) is 0.263. The van der Waals surface area contributed by atoms with Crippen molar-refractivity contribution in [2.24, 2.45) is 0 Å². The molecule has 22 heavy (non-hydrogen) atoms. The fourth-order valence-electron chi connectivity index (χ4n) is 2.91. The lowest BCUT2D eigenvalue weighted by molar-refractivity contribution is 0.278. The Kier molecular flexibility index (Phi) is 3.80. The van der Waals surface area contributed by atoms with Gasteiger partial charge in [-0.3, -0.25) is 0 Å². The summed E-state index contributed by atoms with van der Waals surface area (Å²) in [6.07, 6.45) is 0. The first kappa shape index (κ1) is 14.5. The number of rotatable bonds is 4. The maximum absolute atomic E-state index is 9.82. The summed E-state index contributed by atoms with van der Waals surface area (Å²) in [5, 5.41) is 11.1. The molecule has 3 nitrogen and oxygen atoms in total. The van der Waals surface area contributed by atoms with Gasteiger partial charge in [-0.25, -0.2) is 0 Å². The Bertz CT molecular complexity index is 802. The molecule has 3 aromatic rings. The molecule has 0 atom stereocenters. The van der Waals surface area contributed by atoms with E-state index >= 15 is 0 Å². The van der Waals surface area contributed by atoms with Crippen LogP contribution in [0.25, 0.3) is 10.9 Å². The van der Waals surface area contributed by atoms with Gasteiger partial charge in [0.25, 0.3) is 0 Å². The molecule has 0 saturated carbocycles. The molecule has 0 unspecified atom stereocenters. The van der Waals surface area contributed by atoms with E-state index in [9.17, 15) is 5.11 Å². The Morgan fingerprint density at radius 2 is 1.86 bits per heavy atom. The summed E-state index contributed by atoms with van der Waals surface area (Å²) in [6.45, 7) is 6.90. The number of hydrogen-bond donors (Lipinski definition) is 1. The zero-order chi connectivity index (χ0) is 15.7. The second-order valence-corrected chi connectivity index (χ2v) is 5.86. The summed E-state index contributed by atoms with van der Waals surface area (Å²) in [6, 6.07) is 16.0. The minimum atomic E-state index is 0.172. The first-order chi connectivity index (χ1) is 10.6. The molecule has 0 aliphatic rings. The van der Waals surface area contributed by atoms with Crippen molar-refractivity contribution >= 4 is 10.9 Å². The first-order valence-electron chi connectivity index (χ1n) is 7.58. The number of aromatic nitrogens is 1. The number of hydrogen-bond acceptors (Lipinski definition) is 2. The lowest BCUT2D eigenvalue weighted by Gasteiger charge is -2.15. The van der Waals surface area contributed by atoms with E-state index in [-0.39, 0.29) is 5.75 Å². The quantitative estimate of drug-likeness (QED) is 0.749. The van der Waals surface area contributed by atoms with Gasteiger partial charge in [0.2, 0.25) is 0 Å². The van der Waals surface area contributed by atoms with Crippen LogP contribution >= 0.6 is 0 Å². The van der Waals surface area contributed by atoms with Crippen molar-refractivity contribution in [2.75, 3.05) is 0 Å². The van der Waals surface area contributed by atoms with E-state index in [1.165, 1.54) is 16.5 Å². The van der Waals surface area contributed by atoms with Gasteiger partial charge in [-0.15, -0.1) is 0 Å². The van der Waals surface area contributed by atoms with Gasteiger partial charge in [-0.1, -0.05) is 24.3 Å². The minimum absolute atomic E-state index is 0.172. The van der Waals surface area contributed by atoms with E-state index in [2.05, 4.69) is 49.6 Å². The van der Waals surface area contributed by atoms with Crippen LogP contribution in [0.15, 0.2) is 48.5 Å². The zero-order valence-corrected chi connectivity index (χ0v) is 13.2. The van der Waals surface area contributed by atoms with Crippen LogP contribution in [0.3, 0.4) is 0 Å². The van der Waals surface area contributed by atoms with Crippen molar-refractivity contribution in [2.45, 2.75) is 33.4 Å². The Balaban J connectivity index is 1.98. The highest BCUT2D eigenvalue weighted by molar-refractivity contribution is 5.84. The largest absolute Gasteiger partial charge is 0.504 e. The third-order valence-electron chi connectivity index (χ3n) is 3.94. The van der Waals surface area contributed by atoms with Gasteiger partial charge in [-0.05, 0) is 50.6 Å². The summed E-state index contributed by atoms with van der Waals surface area (Å²) in [5.41, 5.74) is 3.61. The Morgan fingerprint density at radius 3 is 2.59 bits per heavy atom. The molecular weight excluding hydrogens is 274 g/mol. The minimum Gasteiger partial charge on any atom is -0.504 e. The molecule has 2 aromatic carbocycles. The third-order valence-corrected chi connectivity index (χ3v) is 3.94. The first-order valence-corrected chi connectivity index (χ1v) is 7.58. The normalized spacial score (nSPS) is 11.3. The predicted octanol–water partition coefficient (Wildman–Crippen LogP) is 4.82. The smallest absolute Gasteiger partial charge is 0.161 e. The lowest BCUT2D eigenvalue weighted by atomic mass is 10.1. The number of phenols is 1. The lowest BCUT2D eigenvalue weighted by Crippen LogP contribution is -2.08. The Morgan fingerprint density at radius 1 is 1.09 bits per heavy atom. The second kappa shape index (κ2) is 5.76. The summed E-state index contributed by atoms with van der Waals surface area (Å²) in [7, 11) is 0. The van der Waals surface area contributed by atoms with E-state index in [1.807, 2.05) is 6.07 Å². The van der Waals surface area contributed by atoms with Crippen LogP contribution < -0.4 is 4.74 Å². The van der Waals surface area contributed by atoms with E-state index in [0.717, 1.165) is 5.69 Å². The van der Waals surface area contributed by atoms with Crippen LogP contribution in [0, 0.1) is 6.92 Å². The van der Waals surface area contributed by atoms with Crippen LogP contribution in [0.1, 0.15) is 31.1 Å². The molecule has 0 spiro atoms. The van der Waals surface area contributed by atoms with Crippen LogP contribution in [0.2, 0.25) is 0 Å². The second-order valence-electron chi connectivity index (χ2n) is 5.86. The van der Waals surface area contributed by atoms with Gasteiger partial charge in [0, 0.05) is 16.9 Å². The molecule has 0 radical (unpaired) electrons. The third kappa shape index (κ3) is 2.54. The number of aryl methyl sites for hydroxylation is 1. The molecule has 0 bridgehead atoms. The van der Waals surface area contributed by atoms with Crippen molar-refractivity contribution in [3.63, 3.8) is 0 Å². The van der Waals surface area contributed by atoms with Crippen LogP contribution in [0.5, 0.6) is 11.5 Å². The Hall–Kier alpha value is -2.42. The number of para-hydroxylation sites is 2. The maximum atomic E-state index is 9.82. The number of nitrogens with zero attached hydrogens (tertiary/aromatic N) is 1. The molecule has 1 aromatic heterocycles. The average molecular weight is 295 g/mol. The van der Waals surface area contributed by atoms with Crippen molar-refractivity contribution in [1.82, 2.24) is 4.57 Å². The van der Waals surface area contributed by atoms with Gasteiger partial charge in [0.15, 0.2) is 11.5 Å². The molecule has 0 fully saturated rings.